The summed E-state index contributed by atoms with van der Waals surface area (Å²) in [4.78, 5) is 0. The lowest BCUT2D eigenvalue weighted by atomic mass is 10.2. The van der Waals surface area contributed by atoms with Gasteiger partial charge in [-0.2, -0.15) is 13.7 Å². The molecule has 0 fully saturated rings. The molecule has 5 heteroatoms. The van der Waals surface area contributed by atoms with E-state index in [4.69, 9.17) is 9.44 Å². The largest absolute Gasteiger partial charge is 0.381 e. The molecule has 0 N–H and O–H groups in total. The van der Waals surface area contributed by atoms with Crippen molar-refractivity contribution in [2.24, 2.45) is 0 Å². The Hall–Kier alpha value is -2.32. The molecule has 0 amide bonds. The van der Waals surface area contributed by atoms with Gasteiger partial charge in [0.05, 0.1) is 6.07 Å². The minimum Gasteiger partial charge on any atom is -0.381 e. The van der Waals surface area contributed by atoms with Crippen molar-refractivity contribution in [1.82, 2.24) is 0 Å². The molecule has 0 aliphatic rings. The van der Waals surface area contributed by atoms with E-state index in [1.807, 2.05) is 0 Å². The Labute approximate surface area is 112 Å². The van der Waals surface area contributed by atoms with Gasteiger partial charge in [0, 0.05) is 0 Å². The zero-order valence-corrected chi connectivity index (χ0v) is 10.7. The lowest BCUT2D eigenvalue weighted by Crippen LogP contribution is -2.17. The molecule has 0 bridgehead atoms. The maximum atomic E-state index is 12.1. The highest BCUT2D eigenvalue weighted by Gasteiger charge is 2.29. The van der Waals surface area contributed by atoms with E-state index in [9.17, 15) is 8.42 Å². The topological polar surface area (TPSA) is 67.2 Å². The van der Waals surface area contributed by atoms with E-state index in [-0.39, 0.29) is 5.75 Å². The fourth-order valence-corrected chi connectivity index (χ4v) is 2.69. The zero-order chi connectivity index (χ0) is 13.7. The van der Waals surface area contributed by atoms with E-state index < -0.39 is 15.4 Å². The van der Waals surface area contributed by atoms with Crippen molar-refractivity contribution < 1.29 is 12.6 Å². The van der Waals surface area contributed by atoms with Gasteiger partial charge in [-0.1, -0.05) is 48.5 Å². The standard InChI is InChI=1S/C14H11NO3S/c15-11-14(12-7-3-1-4-8-12)19(16,17)18-13-9-5-2-6-10-13/h1-10,14H. The second kappa shape index (κ2) is 5.55. The van der Waals surface area contributed by atoms with Crippen LogP contribution in [-0.4, -0.2) is 8.42 Å². The van der Waals surface area contributed by atoms with Gasteiger partial charge in [0.2, 0.25) is 5.25 Å². The number of hydrogen-bond donors (Lipinski definition) is 0. The number of para-hydroxylation sites is 1. The van der Waals surface area contributed by atoms with Crippen LogP contribution in [0.25, 0.3) is 0 Å². The summed E-state index contributed by atoms with van der Waals surface area (Å²) in [7, 11) is -4.04. The molecule has 1 atom stereocenters. The molecule has 4 nitrogen and oxygen atoms in total. The molecule has 2 aromatic rings. The Morgan fingerprint density at radius 1 is 0.947 bits per heavy atom. The van der Waals surface area contributed by atoms with Gasteiger partial charge < -0.3 is 4.18 Å². The highest BCUT2D eigenvalue weighted by Crippen LogP contribution is 2.24. The molecule has 0 spiro atoms. The summed E-state index contributed by atoms with van der Waals surface area (Å²) in [6.45, 7) is 0. The Bertz CT molecular complexity index is 676. The summed E-state index contributed by atoms with van der Waals surface area (Å²) in [5.74, 6) is 0.193. The summed E-state index contributed by atoms with van der Waals surface area (Å²) in [5.41, 5.74) is 0.390. The van der Waals surface area contributed by atoms with Crippen LogP contribution in [0.4, 0.5) is 0 Å². The van der Waals surface area contributed by atoms with Crippen molar-refractivity contribution in [3.8, 4) is 11.8 Å². The molecular weight excluding hydrogens is 262 g/mol. The van der Waals surface area contributed by atoms with Gasteiger partial charge in [-0.3, -0.25) is 0 Å². The van der Waals surface area contributed by atoms with Crippen LogP contribution < -0.4 is 4.18 Å². The van der Waals surface area contributed by atoms with Gasteiger partial charge in [0.15, 0.2) is 0 Å². The lowest BCUT2D eigenvalue weighted by molar-refractivity contribution is 0.480. The second-order valence-corrected chi connectivity index (χ2v) is 5.43. The Morgan fingerprint density at radius 2 is 1.47 bits per heavy atom. The van der Waals surface area contributed by atoms with Crippen LogP contribution in [0, 0.1) is 11.3 Å². The highest BCUT2D eigenvalue weighted by atomic mass is 32.2. The van der Waals surface area contributed by atoms with Crippen LogP contribution in [0.15, 0.2) is 60.7 Å². The van der Waals surface area contributed by atoms with Gasteiger partial charge in [0.25, 0.3) is 0 Å². The van der Waals surface area contributed by atoms with E-state index >= 15 is 0 Å². The first-order chi connectivity index (χ1) is 9.13. The summed E-state index contributed by atoms with van der Waals surface area (Å²) in [5, 5.41) is 7.74. The number of benzene rings is 2. The minimum atomic E-state index is -4.04. The fraction of sp³-hybridized carbons (Fsp3) is 0.0714. The van der Waals surface area contributed by atoms with Crippen molar-refractivity contribution in [3.05, 3.63) is 66.2 Å². The van der Waals surface area contributed by atoms with Gasteiger partial charge in [0.1, 0.15) is 5.75 Å². The van der Waals surface area contributed by atoms with Crippen molar-refractivity contribution >= 4 is 10.1 Å². The Kier molecular flexibility index (Phi) is 3.83. The highest BCUT2D eigenvalue weighted by molar-refractivity contribution is 7.87. The maximum Gasteiger partial charge on any atom is 0.330 e. The SMILES string of the molecule is N#CC(c1ccccc1)S(=O)(=O)Oc1ccccc1. The minimum absolute atomic E-state index is 0.193. The number of nitrogens with zero attached hydrogens (tertiary/aromatic N) is 1. The third-order valence-electron chi connectivity index (χ3n) is 2.46. The van der Waals surface area contributed by atoms with Crippen molar-refractivity contribution in [3.63, 3.8) is 0 Å². The molecule has 0 saturated heterocycles. The van der Waals surface area contributed by atoms with E-state index in [2.05, 4.69) is 0 Å². The van der Waals surface area contributed by atoms with Crippen LogP contribution in [0.1, 0.15) is 10.8 Å². The molecule has 0 radical (unpaired) electrons. The van der Waals surface area contributed by atoms with Gasteiger partial charge in [-0.25, -0.2) is 0 Å². The molecule has 2 rings (SSSR count). The molecule has 0 saturated carbocycles. The monoisotopic (exact) mass is 273 g/mol. The van der Waals surface area contributed by atoms with Gasteiger partial charge in [-0.05, 0) is 17.7 Å². The number of rotatable bonds is 4. The molecule has 96 valence electrons. The van der Waals surface area contributed by atoms with Crippen LogP contribution >= 0.6 is 0 Å². The third kappa shape index (κ3) is 3.12. The quantitative estimate of drug-likeness (QED) is 0.803. The number of nitriles is 1. The maximum absolute atomic E-state index is 12.1. The smallest absolute Gasteiger partial charge is 0.330 e. The molecule has 0 aliphatic heterocycles. The first kappa shape index (κ1) is 13.1. The van der Waals surface area contributed by atoms with Crippen LogP contribution in [0.3, 0.4) is 0 Å². The average molecular weight is 273 g/mol. The summed E-state index contributed by atoms with van der Waals surface area (Å²) in [6.07, 6.45) is 0. The van der Waals surface area contributed by atoms with Crippen LogP contribution in [-0.2, 0) is 10.1 Å². The van der Waals surface area contributed by atoms with Gasteiger partial charge in [-0.15, -0.1) is 0 Å². The average Bonchev–Trinajstić information content (AvgIpc) is 2.41. The normalized spacial score (nSPS) is 12.4. The predicted molar refractivity (Wildman–Crippen MR) is 70.8 cm³/mol. The number of hydrogen-bond acceptors (Lipinski definition) is 4. The second-order valence-electron chi connectivity index (χ2n) is 3.81. The molecule has 2 aromatic carbocycles. The van der Waals surface area contributed by atoms with E-state index in [1.165, 1.54) is 12.1 Å². The molecule has 0 heterocycles. The van der Waals surface area contributed by atoms with Crippen LogP contribution in [0.2, 0.25) is 0 Å². The van der Waals surface area contributed by atoms with Gasteiger partial charge >= 0.3 is 10.1 Å². The first-order valence-corrected chi connectivity index (χ1v) is 7.03. The Balaban J connectivity index is 2.31. The summed E-state index contributed by atoms with van der Waals surface area (Å²) in [6, 6.07) is 18.2. The third-order valence-corrected chi connectivity index (χ3v) is 3.84. The first-order valence-electron chi connectivity index (χ1n) is 5.56. The fourth-order valence-electron chi connectivity index (χ4n) is 1.59. The Morgan fingerprint density at radius 3 is 2.00 bits per heavy atom. The molecular formula is C14H11NO3S. The van der Waals surface area contributed by atoms with Crippen molar-refractivity contribution in [2.75, 3.05) is 0 Å². The molecule has 1 unspecified atom stereocenters. The molecule has 0 aliphatic carbocycles. The van der Waals surface area contributed by atoms with Crippen molar-refractivity contribution in [1.29, 1.82) is 5.26 Å². The predicted octanol–water partition coefficient (Wildman–Crippen LogP) is 2.66. The summed E-state index contributed by atoms with van der Waals surface area (Å²) >= 11 is 0. The van der Waals surface area contributed by atoms with E-state index in [0.717, 1.165) is 0 Å². The van der Waals surface area contributed by atoms with E-state index in [1.54, 1.807) is 54.6 Å². The lowest BCUT2D eigenvalue weighted by Gasteiger charge is -2.11. The summed E-state index contributed by atoms with van der Waals surface area (Å²) < 4.78 is 29.1. The zero-order valence-electron chi connectivity index (χ0n) is 9.93. The molecule has 0 aromatic heterocycles. The van der Waals surface area contributed by atoms with Crippen LogP contribution in [0.5, 0.6) is 5.75 Å². The van der Waals surface area contributed by atoms with E-state index in [0.29, 0.717) is 5.56 Å². The molecule has 19 heavy (non-hydrogen) atoms. The van der Waals surface area contributed by atoms with Crippen molar-refractivity contribution in [2.45, 2.75) is 5.25 Å².